The van der Waals surface area contributed by atoms with Crippen LogP contribution in [0.15, 0.2) is 36.8 Å². The predicted octanol–water partition coefficient (Wildman–Crippen LogP) is 4.61. The fourth-order valence-electron chi connectivity index (χ4n) is 4.71. The lowest BCUT2D eigenvalue weighted by molar-refractivity contribution is -0.135. The largest absolute Gasteiger partial charge is 0.370 e. The summed E-state index contributed by atoms with van der Waals surface area (Å²) in [6, 6.07) is 7.97. The van der Waals surface area contributed by atoms with E-state index >= 15 is 0 Å². The number of halogens is 1. The number of anilines is 2. The van der Waals surface area contributed by atoms with Gasteiger partial charge in [0.1, 0.15) is 12.1 Å². The third-order valence-corrected chi connectivity index (χ3v) is 6.67. The van der Waals surface area contributed by atoms with E-state index in [4.69, 9.17) is 21.6 Å². The van der Waals surface area contributed by atoms with Gasteiger partial charge in [0.05, 0.1) is 11.1 Å². The lowest BCUT2D eigenvalue weighted by Crippen LogP contribution is -2.54. The summed E-state index contributed by atoms with van der Waals surface area (Å²) in [7, 11) is 0. The summed E-state index contributed by atoms with van der Waals surface area (Å²) < 4.78 is 2.10. The average Bonchev–Trinajstić information content (AvgIpc) is 3.19. The molecular weight excluding hydrogens is 436 g/mol. The number of amides is 1. The number of hydrogen-bond donors (Lipinski definition) is 0. The van der Waals surface area contributed by atoms with E-state index in [1.807, 2.05) is 43.0 Å². The maximum atomic E-state index is 12.6. The first-order chi connectivity index (χ1) is 15.8. The lowest BCUT2D eigenvalue weighted by Gasteiger charge is -2.41. The van der Waals surface area contributed by atoms with Gasteiger partial charge in [0.25, 0.3) is 0 Å². The molecule has 3 aromatic rings. The van der Waals surface area contributed by atoms with E-state index < -0.39 is 0 Å². The number of fused-ring (bicyclic) bond motifs is 1. The number of piperazine rings is 1. The first-order valence-electron chi connectivity index (χ1n) is 11.8. The van der Waals surface area contributed by atoms with Crippen LogP contribution in [-0.4, -0.2) is 64.1 Å². The zero-order valence-electron chi connectivity index (χ0n) is 20.1. The van der Waals surface area contributed by atoms with Gasteiger partial charge >= 0.3 is 0 Å². The SMILES string of the molecule is CCN(CC)c1cn(-c2cccc(Cl)c2)c2ncnc(N3CCN(C(=O)C(C)C)C[C@@H]3C)c12. The summed E-state index contributed by atoms with van der Waals surface area (Å²) >= 11 is 6.31. The number of nitrogens with zero attached hydrogens (tertiary/aromatic N) is 6. The molecule has 3 heterocycles. The first-order valence-corrected chi connectivity index (χ1v) is 12.2. The summed E-state index contributed by atoms with van der Waals surface area (Å²) in [5.41, 5.74) is 2.94. The summed E-state index contributed by atoms with van der Waals surface area (Å²) in [6.45, 7) is 14.3. The Labute approximate surface area is 201 Å². The first kappa shape index (κ1) is 23.4. The molecule has 0 N–H and O–H groups in total. The van der Waals surface area contributed by atoms with Crippen LogP contribution >= 0.6 is 11.6 Å². The van der Waals surface area contributed by atoms with Gasteiger partial charge < -0.3 is 14.7 Å². The van der Waals surface area contributed by atoms with Crippen molar-refractivity contribution in [2.24, 2.45) is 5.92 Å². The molecule has 2 aromatic heterocycles. The van der Waals surface area contributed by atoms with Crippen molar-refractivity contribution in [2.45, 2.75) is 40.7 Å². The average molecular weight is 469 g/mol. The molecule has 1 aliphatic heterocycles. The van der Waals surface area contributed by atoms with Crippen LogP contribution in [0.4, 0.5) is 11.5 Å². The number of hydrogen-bond acceptors (Lipinski definition) is 5. The summed E-state index contributed by atoms with van der Waals surface area (Å²) in [5, 5.41) is 1.73. The Morgan fingerprint density at radius 2 is 1.97 bits per heavy atom. The van der Waals surface area contributed by atoms with Crippen LogP contribution in [0.25, 0.3) is 16.7 Å². The van der Waals surface area contributed by atoms with Crippen LogP contribution in [0.1, 0.15) is 34.6 Å². The van der Waals surface area contributed by atoms with E-state index in [-0.39, 0.29) is 17.9 Å². The highest BCUT2D eigenvalue weighted by Gasteiger charge is 2.31. The molecule has 1 fully saturated rings. The van der Waals surface area contributed by atoms with Crippen molar-refractivity contribution in [1.29, 1.82) is 0 Å². The van der Waals surface area contributed by atoms with E-state index in [2.05, 4.69) is 41.3 Å². The van der Waals surface area contributed by atoms with Gasteiger partial charge in [-0.2, -0.15) is 0 Å². The van der Waals surface area contributed by atoms with Gasteiger partial charge in [-0.05, 0) is 39.0 Å². The quantitative estimate of drug-likeness (QED) is 0.528. The molecule has 0 saturated carbocycles. The van der Waals surface area contributed by atoms with Crippen LogP contribution < -0.4 is 9.80 Å². The third kappa shape index (κ3) is 4.38. The molecule has 0 radical (unpaired) electrons. The molecule has 4 rings (SSSR count). The van der Waals surface area contributed by atoms with Gasteiger partial charge in [-0.3, -0.25) is 9.36 Å². The van der Waals surface area contributed by atoms with Gasteiger partial charge in [-0.1, -0.05) is 31.5 Å². The highest BCUT2D eigenvalue weighted by molar-refractivity contribution is 6.30. The lowest BCUT2D eigenvalue weighted by atomic mass is 10.1. The fraction of sp³-hybridized carbons (Fsp3) is 0.480. The minimum absolute atomic E-state index is 0.00973. The molecular formula is C25H33ClN6O. The fourth-order valence-corrected chi connectivity index (χ4v) is 4.89. The Balaban J connectivity index is 1.82. The molecule has 0 aliphatic carbocycles. The van der Waals surface area contributed by atoms with E-state index in [1.54, 1.807) is 6.33 Å². The molecule has 176 valence electrons. The molecule has 1 saturated heterocycles. The van der Waals surface area contributed by atoms with Crippen LogP contribution in [-0.2, 0) is 4.79 Å². The number of aromatic nitrogens is 3. The Kier molecular flexibility index (Phi) is 6.79. The Morgan fingerprint density at radius 3 is 2.61 bits per heavy atom. The monoisotopic (exact) mass is 468 g/mol. The Bertz CT molecular complexity index is 1140. The molecule has 0 bridgehead atoms. The summed E-state index contributed by atoms with van der Waals surface area (Å²) in [4.78, 5) is 28.7. The van der Waals surface area contributed by atoms with Gasteiger partial charge in [-0.15, -0.1) is 0 Å². The van der Waals surface area contributed by atoms with E-state index in [0.29, 0.717) is 18.1 Å². The van der Waals surface area contributed by atoms with Crippen molar-refractivity contribution >= 4 is 40.0 Å². The zero-order valence-corrected chi connectivity index (χ0v) is 20.9. The second kappa shape index (κ2) is 9.59. The van der Waals surface area contributed by atoms with E-state index in [9.17, 15) is 4.79 Å². The molecule has 8 heteroatoms. The Hall–Kier alpha value is -2.80. The van der Waals surface area contributed by atoms with Crippen molar-refractivity contribution < 1.29 is 4.79 Å². The third-order valence-electron chi connectivity index (χ3n) is 6.44. The zero-order chi connectivity index (χ0) is 23.7. The van der Waals surface area contributed by atoms with Gasteiger partial charge in [0.15, 0.2) is 5.65 Å². The molecule has 1 atom stereocenters. The standard InChI is InChI=1S/C25H33ClN6O/c1-6-29(7-2)21-15-32(20-10-8-9-19(26)13-20)24-22(21)23(27-16-28-24)31-12-11-30(14-18(31)5)25(33)17(3)4/h8-10,13,15-18H,6-7,11-12,14H2,1-5H3/t18-/m0/s1. The van der Waals surface area contributed by atoms with Crippen molar-refractivity contribution in [3.63, 3.8) is 0 Å². The molecule has 1 aliphatic rings. The van der Waals surface area contributed by atoms with Crippen molar-refractivity contribution in [1.82, 2.24) is 19.4 Å². The number of benzene rings is 1. The highest BCUT2D eigenvalue weighted by Crippen LogP contribution is 2.37. The van der Waals surface area contributed by atoms with Crippen molar-refractivity contribution in [3.05, 3.63) is 41.8 Å². The maximum Gasteiger partial charge on any atom is 0.225 e. The topological polar surface area (TPSA) is 57.5 Å². The smallest absolute Gasteiger partial charge is 0.225 e. The highest BCUT2D eigenvalue weighted by atomic mass is 35.5. The predicted molar refractivity (Wildman–Crippen MR) is 136 cm³/mol. The van der Waals surface area contributed by atoms with Crippen LogP contribution in [0.5, 0.6) is 0 Å². The van der Waals surface area contributed by atoms with Crippen molar-refractivity contribution in [3.8, 4) is 5.69 Å². The molecule has 7 nitrogen and oxygen atoms in total. The van der Waals surface area contributed by atoms with Gasteiger partial charge in [0, 0.05) is 61.6 Å². The van der Waals surface area contributed by atoms with Crippen LogP contribution in [0, 0.1) is 5.92 Å². The number of rotatable bonds is 6. The number of carbonyl (C=O) groups is 1. The molecule has 1 amide bonds. The van der Waals surface area contributed by atoms with Gasteiger partial charge in [-0.25, -0.2) is 9.97 Å². The molecule has 0 spiro atoms. The van der Waals surface area contributed by atoms with E-state index in [0.717, 1.165) is 47.9 Å². The van der Waals surface area contributed by atoms with E-state index in [1.165, 1.54) is 0 Å². The minimum atomic E-state index is 0.00973. The minimum Gasteiger partial charge on any atom is -0.370 e. The second-order valence-corrected chi connectivity index (χ2v) is 9.35. The Morgan fingerprint density at radius 1 is 1.21 bits per heavy atom. The number of carbonyl (C=O) groups excluding carboxylic acids is 1. The molecule has 33 heavy (non-hydrogen) atoms. The summed E-state index contributed by atoms with van der Waals surface area (Å²) in [5.74, 6) is 1.15. The second-order valence-electron chi connectivity index (χ2n) is 8.91. The summed E-state index contributed by atoms with van der Waals surface area (Å²) in [6.07, 6.45) is 3.79. The van der Waals surface area contributed by atoms with Crippen molar-refractivity contribution in [2.75, 3.05) is 42.5 Å². The van der Waals surface area contributed by atoms with Crippen LogP contribution in [0.3, 0.4) is 0 Å². The normalized spacial score (nSPS) is 16.6. The maximum absolute atomic E-state index is 12.6. The van der Waals surface area contributed by atoms with Gasteiger partial charge in [0.2, 0.25) is 5.91 Å². The molecule has 1 aromatic carbocycles. The molecule has 0 unspecified atom stereocenters. The van der Waals surface area contributed by atoms with Crippen LogP contribution in [0.2, 0.25) is 5.02 Å².